The second-order valence-electron chi connectivity index (χ2n) is 12.7. The fourth-order valence-electron chi connectivity index (χ4n) is 7.54. The molecule has 234 valence electrons. The molecule has 2 heterocycles. The fourth-order valence-corrected chi connectivity index (χ4v) is 7.54. The molecule has 6 aromatic carbocycles. The largest absolute Gasteiger partial charge is 0.307 e. The van der Waals surface area contributed by atoms with Crippen LogP contribution in [-0.2, 0) is 9.59 Å². The standard InChI is InChI=1S/C44H36N2O2/c1-5-45-41(37-25-23-31(29-19-15-27(3)16-20-29)33-11-7-9-13-35(33)37)39-40(43(45)47)42(46(6-2)44(39)48)38-26-24-32(30-21-17-28(4)18-22-30)34-12-8-10-14-36(34)38/h7-26H,5-6H2,1-4H3. The Morgan fingerprint density at radius 3 is 1.06 bits per heavy atom. The third kappa shape index (κ3) is 4.44. The van der Waals surface area contributed by atoms with Gasteiger partial charge in [-0.05, 0) is 71.5 Å². The molecule has 0 saturated carbocycles. The number of hydrogen-bond acceptors (Lipinski definition) is 2. The fraction of sp³-hybridized carbons (Fsp3) is 0.136. The molecule has 0 atom stereocenters. The van der Waals surface area contributed by atoms with Crippen LogP contribution in [0.15, 0.2) is 132 Å². The Balaban J connectivity index is 1.38. The van der Waals surface area contributed by atoms with Gasteiger partial charge in [0.1, 0.15) is 0 Å². The van der Waals surface area contributed by atoms with E-state index in [2.05, 4.69) is 111 Å². The number of nitrogens with zero attached hydrogens (tertiary/aromatic N) is 2. The van der Waals surface area contributed by atoms with Gasteiger partial charge in [-0.25, -0.2) is 0 Å². The van der Waals surface area contributed by atoms with Crippen LogP contribution in [0.3, 0.4) is 0 Å². The van der Waals surface area contributed by atoms with Crippen LogP contribution in [0.2, 0.25) is 0 Å². The van der Waals surface area contributed by atoms with Crippen molar-refractivity contribution in [1.29, 1.82) is 0 Å². The minimum atomic E-state index is -0.125. The maximum absolute atomic E-state index is 14.6. The van der Waals surface area contributed by atoms with Crippen molar-refractivity contribution in [2.75, 3.05) is 13.1 Å². The van der Waals surface area contributed by atoms with E-state index in [9.17, 15) is 9.59 Å². The molecule has 0 N–H and O–H groups in total. The highest BCUT2D eigenvalue weighted by Gasteiger charge is 2.48. The molecule has 48 heavy (non-hydrogen) atoms. The van der Waals surface area contributed by atoms with Gasteiger partial charge in [0.25, 0.3) is 11.8 Å². The number of fused-ring (bicyclic) bond motifs is 3. The molecule has 4 nitrogen and oxygen atoms in total. The Morgan fingerprint density at radius 2 is 0.729 bits per heavy atom. The summed E-state index contributed by atoms with van der Waals surface area (Å²) < 4.78 is 0. The van der Waals surface area contributed by atoms with Crippen LogP contribution in [0.1, 0.15) is 36.1 Å². The Labute approximate surface area is 281 Å². The molecule has 6 aromatic rings. The van der Waals surface area contributed by atoms with E-state index in [0.717, 1.165) is 54.9 Å². The second kappa shape index (κ2) is 11.5. The summed E-state index contributed by atoms with van der Waals surface area (Å²) in [6, 6.07) is 42.2. The Kier molecular flexibility index (Phi) is 7.10. The van der Waals surface area contributed by atoms with Crippen LogP contribution < -0.4 is 0 Å². The highest BCUT2D eigenvalue weighted by Crippen LogP contribution is 2.49. The summed E-state index contributed by atoms with van der Waals surface area (Å²) in [6.45, 7) is 9.05. The number of carbonyl (C=O) groups excluding carboxylic acids is 2. The van der Waals surface area contributed by atoms with Crippen LogP contribution in [0.4, 0.5) is 0 Å². The summed E-state index contributed by atoms with van der Waals surface area (Å²) in [5.41, 5.74) is 11.1. The smallest absolute Gasteiger partial charge is 0.261 e. The van der Waals surface area contributed by atoms with Crippen LogP contribution >= 0.6 is 0 Å². The highest BCUT2D eigenvalue weighted by atomic mass is 16.2. The molecule has 0 spiro atoms. The Bertz CT molecular complexity index is 2190. The van der Waals surface area contributed by atoms with E-state index in [1.54, 1.807) is 9.80 Å². The molecule has 2 aliphatic rings. The van der Waals surface area contributed by atoms with E-state index in [4.69, 9.17) is 0 Å². The predicted octanol–water partition coefficient (Wildman–Crippen LogP) is 9.79. The molecule has 0 bridgehead atoms. The first kappa shape index (κ1) is 29.6. The van der Waals surface area contributed by atoms with Gasteiger partial charge < -0.3 is 9.80 Å². The molecule has 2 amide bonds. The minimum Gasteiger partial charge on any atom is -0.307 e. The summed E-state index contributed by atoms with van der Waals surface area (Å²) in [4.78, 5) is 32.7. The average Bonchev–Trinajstić information content (AvgIpc) is 3.57. The Hall–Kier alpha value is -5.74. The third-order valence-electron chi connectivity index (χ3n) is 9.90. The first-order chi connectivity index (χ1) is 23.4. The van der Waals surface area contributed by atoms with Crippen molar-refractivity contribution in [2.24, 2.45) is 0 Å². The van der Waals surface area contributed by atoms with Crippen molar-refractivity contribution < 1.29 is 9.59 Å². The lowest BCUT2D eigenvalue weighted by Gasteiger charge is -2.25. The third-order valence-corrected chi connectivity index (χ3v) is 9.90. The minimum absolute atomic E-state index is 0.125. The van der Waals surface area contributed by atoms with E-state index in [0.29, 0.717) is 35.6 Å². The summed E-state index contributed by atoms with van der Waals surface area (Å²) in [6.07, 6.45) is 0. The molecule has 0 aliphatic carbocycles. The molecule has 2 aliphatic heterocycles. The van der Waals surface area contributed by atoms with Crippen LogP contribution in [0.5, 0.6) is 0 Å². The normalized spacial score (nSPS) is 14.7. The van der Waals surface area contributed by atoms with Gasteiger partial charge in [-0.3, -0.25) is 9.59 Å². The van der Waals surface area contributed by atoms with E-state index in [1.807, 2.05) is 38.1 Å². The van der Waals surface area contributed by atoms with Gasteiger partial charge >= 0.3 is 0 Å². The van der Waals surface area contributed by atoms with Gasteiger partial charge in [0, 0.05) is 24.2 Å². The van der Waals surface area contributed by atoms with Crippen molar-refractivity contribution in [3.63, 3.8) is 0 Å². The topological polar surface area (TPSA) is 40.6 Å². The predicted molar refractivity (Wildman–Crippen MR) is 197 cm³/mol. The quantitative estimate of drug-likeness (QED) is 0.185. The summed E-state index contributed by atoms with van der Waals surface area (Å²) >= 11 is 0. The SMILES string of the molecule is CCN1C(=O)C2=C(c3ccc(-c4ccc(C)cc4)c4ccccc34)N(CC)C(=O)C2=C1c1ccc(-c2ccc(C)cc2)c2ccccc12. The van der Waals surface area contributed by atoms with Gasteiger partial charge in [-0.2, -0.15) is 0 Å². The molecular weight excluding hydrogens is 588 g/mol. The number of aryl methyl sites for hydroxylation is 2. The van der Waals surface area contributed by atoms with Crippen molar-refractivity contribution >= 4 is 44.8 Å². The summed E-state index contributed by atoms with van der Waals surface area (Å²) in [5, 5.41) is 4.21. The summed E-state index contributed by atoms with van der Waals surface area (Å²) in [7, 11) is 0. The first-order valence-electron chi connectivity index (χ1n) is 16.7. The van der Waals surface area contributed by atoms with E-state index >= 15 is 0 Å². The second-order valence-corrected chi connectivity index (χ2v) is 12.7. The van der Waals surface area contributed by atoms with Crippen LogP contribution in [-0.4, -0.2) is 34.7 Å². The number of amides is 2. The molecule has 0 fully saturated rings. The van der Waals surface area contributed by atoms with Gasteiger partial charge in [0.15, 0.2) is 0 Å². The summed E-state index contributed by atoms with van der Waals surface area (Å²) in [5.74, 6) is -0.250. The lowest BCUT2D eigenvalue weighted by Crippen LogP contribution is -2.29. The number of benzene rings is 6. The van der Waals surface area contributed by atoms with Gasteiger partial charge in [-0.15, -0.1) is 0 Å². The number of hydrogen-bond donors (Lipinski definition) is 0. The highest BCUT2D eigenvalue weighted by molar-refractivity contribution is 6.32. The maximum Gasteiger partial charge on any atom is 0.261 e. The monoisotopic (exact) mass is 624 g/mol. The van der Waals surface area contributed by atoms with Crippen molar-refractivity contribution in [1.82, 2.24) is 9.80 Å². The van der Waals surface area contributed by atoms with E-state index in [1.165, 1.54) is 11.1 Å². The Morgan fingerprint density at radius 1 is 0.417 bits per heavy atom. The molecule has 0 radical (unpaired) electrons. The molecule has 0 saturated heterocycles. The zero-order chi connectivity index (χ0) is 33.1. The molecule has 0 unspecified atom stereocenters. The molecular formula is C44H36N2O2. The lowest BCUT2D eigenvalue weighted by atomic mass is 9.91. The molecule has 8 rings (SSSR count). The van der Waals surface area contributed by atoms with E-state index < -0.39 is 0 Å². The number of likely N-dealkylation sites (N-methyl/N-ethyl adjacent to an activating group) is 2. The van der Waals surface area contributed by atoms with Gasteiger partial charge in [-0.1, -0.05) is 132 Å². The maximum atomic E-state index is 14.6. The van der Waals surface area contributed by atoms with Gasteiger partial charge in [0.05, 0.1) is 22.5 Å². The van der Waals surface area contributed by atoms with Crippen LogP contribution in [0.25, 0.3) is 55.2 Å². The lowest BCUT2D eigenvalue weighted by molar-refractivity contribution is -0.124. The first-order valence-corrected chi connectivity index (χ1v) is 16.7. The van der Waals surface area contributed by atoms with Crippen LogP contribution in [0, 0.1) is 13.8 Å². The molecule has 4 heteroatoms. The number of carbonyl (C=O) groups is 2. The van der Waals surface area contributed by atoms with E-state index in [-0.39, 0.29) is 11.8 Å². The zero-order valence-corrected chi connectivity index (χ0v) is 27.7. The zero-order valence-electron chi connectivity index (χ0n) is 27.7. The van der Waals surface area contributed by atoms with Gasteiger partial charge in [0.2, 0.25) is 0 Å². The number of rotatable bonds is 6. The molecule has 0 aromatic heterocycles. The van der Waals surface area contributed by atoms with Crippen molar-refractivity contribution in [3.05, 3.63) is 155 Å². The van der Waals surface area contributed by atoms with Crippen molar-refractivity contribution in [3.8, 4) is 22.3 Å². The average molecular weight is 625 g/mol. The van der Waals surface area contributed by atoms with Crippen molar-refractivity contribution in [2.45, 2.75) is 27.7 Å².